The number of rotatable bonds is 1. The Labute approximate surface area is 138 Å². The summed E-state index contributed by atoms with van der Waals surface area (Å²) < 4.78 is 11.3. The lowest BCUT2D eigenvalue weighted by Gasteiger charge is -2.16. The van der Waals surface area contributed by atoms with Gasteiger partial charge in [-0.05, 0) is 42.9 Å². The zero-order chi connectivity index (χ0) is 16.1. The fourth-order valence-corrected chi connectivity index (χ4v) is 3.81. The number of hydrogen-bond acceptors (Lipinski definition) is 3. The summed E-state index contributed by atoms with van der Waals surface area (Å²) >= 11 is 0. The van der Waals surface area contributed by atoms with Gasteiger partial charge in [-0.15, -0.1) is 0 Å². The first-order valence-electron chi connectivity index (χ1n) is 8.36. The first kappa shape index (κ1) is 13.6. The predicted octanol–water partition coefficient (Wildman–Crippen LogP) is 5.09. The Bertz CT molecular complexity index is 1120. The normalized spacial score (nSPS) is 14.2. The molecule has 0 aliphatic heterocycles. The van der Waals surface area contributed by atoms with Crippen LogP contribution in [0.5, 0.6) is 0 Å². The largest absolute Gasteiger partial charge is 0.464 e. The number of aryl methyl sites for hydroxylation is 1. The van der Waals surface area contributed by atoms with Crippen molar-refractivity contribution in [3.8, 4) is 11.1 Å². The van der Waals surface area contributed by atoms with E-state index >= 15 is 0 Å². The molecule has 118 valence electrons. The van der Waals surface area contributed by atoms with Crippen LogP contribution in [-0.2, 0) is 12.8 Å². The molecule has 4 aromatic rings. The second kappa shape index (κ2) is 5.10. The van der Waals surface area contributed by atoms with Crippen molar-refractivity contribution < 1.29 is 8.83 Å². The molecule has 0 atom stereocenters. The van der Waals surface area contributed by atoms with Crippen molar-refractivity contribution in [2.24, 2.45) is 0 Å². The minimum Gasteiger partial charge on any atom is -0.464 e. The summed E-state index contributed by atoms with van der Waals surface area (Å²) in [6.45, 7) is 0. The molecule has 0 radical (unpaired) electrons. The van der Waals surface area contributed by atoms with E-state index in [1.807, 2.05) is 24.3 Å². The van der Waals surface area contributed by atoms with E-state index < -0.39 is 0 Å². The van der Waals surface area contributed by atoms with Gasteiger partial charge in [0.1, 0.15) is 11.2 Å². The fraction of sp³-hybridized carbons (Fsp3) is 0.190. The van der Waals surface area contributed by atoms with Crippen LogP contribution in [0.4, 0.5) is 0 Å². The molecule has 0 N–H and O–H groups in total. The SMILES string of the molecule is O=c1oc2cc3occ(-c4ccccc4)c3cc2c2c1CCCC2. The Balaban J connectivity index is 1.85. The summed E-state index contributed by atoms with van der Waals surface area (Å²) in [7, 11) is 0. The van der Waals surface area contributed by atoms with Crippen molar-refractivity contribution >= 4 is 21.9 Å². The van der Waals surface area contributed by atoms with Crippen LogP contribution in [0.1, 0.15) is 24.0 Å². The van der Waals surface area contributed by atoms with Crippen LogP contribution < -0.4 is 5.63 Å². The molecule has 3 nitrogen and oxygen atoms in total. The molecule has 2 aromatic heterocycles. The van der Waals surface area contributed by atoms with Crippen LogP contribution in [0.3, 0.4) is 0 Å². The maximum atomic E-state index is 12.2. The lowest BCUT2D eigenvalue weighted by Crippen LogP contribution is -2.15. The molecule has 0 spiro atoms. The standard InChI is InChI=1S/C21H16O3/c22-21-15-9-5-4-8-14(15)16-10-17-18(13-6-2-1-3-7-13)12-23-19(17)11-20(16)24-21/h1-3,6-7,10-12H,4-5,8-9H2. The van der Waals surface area contributed by atoms with Gasteiger partial charge in [0, 0.05) is 28.0 Å². The smallest absolute Gasteiger partial charge is 0.339 e. The Morgan fingerprint density at radius 1 is 0.833 bits per heavy atom. The molecule has 0 bridgehead atoms. The lowest BCUT2D eigenvalue weighted by atomic mass is 9.90. The van der Waals surface area contributed by atoms with Crippen molar-refractivity contribution in [3.05, 3.63) is 70.3 Å². The third kappa shape index (κ3) is 1.94. The topological polar surface area (TPSA) is 43.4 Å². The second-order valence-corrected chi connectivity index (χ2v) is 6.41. The average Bonchev–Trinajstić information content (AvgIpc) is 3.04. The highest BCUT2D eigenvalue weighted by Crippen LogP contribution is 2.35. The molecule has 0 saturated heterocycles. The molecule has 1 aliphatic carbocycles. The fourth-order valence-electron chi connectivity index (χ4n) is 3.81. The Morgan fingerprint density at radius 3 is 2.46 bits per heavy atom. The van der Waals surface area contributed by atoms with E-state index in [1.165, 1.54) is 0 Å². The van der Waals surface area contributed by atoms with Gasteiger partial charge < -0.3 is 8.83 Å². The van der Waals surface area contributed by atoms with Gasteiger partial charge in [-0.3, -0.25) is 0 Å². The second-order valence-electron chi connectivity index (χ2n) is 6.41. The highest BCUT2D eigenvalue weighted by atomic mass is 16.4. The number of benzene rings is 2. The van der Waals surface area contributed by atoms with Crippen LogP contribution in [-0.4, -0.2) is 0 Å². The van der Waals surface area contributed by atoms with Crippen LogP contribution >= 0.6 is 0 Å². The minimum absolute atomic E-state index is 0.189. The van der Waals surface area contributed by atoms with E-state index in [-0.39, 0.29) is 5.63 Å². The number of fused-ring (bicyclic) bond motifs is 4. The summed E-state index contributed by atoms with van der Waals surface area (Å²) in [5.41, 5.74) is 5.41. The van der Waals surface area contributed by atoms with E-state index in [4.69, 9.17) is 8.83 Å². The molecular weight excluding hydrogens is 300 g/mol. The molecule has 1 aliphatic rings. The van der Waals surface area contributed by atoms with Crippen molar-refractivity contribution in [2.45, 2.75) is 25.7 Å². The molecular formula is C21H16O3. The summed E-state index contributed by atoms with van der Waals surface area (Å²) in [4.78, 5) is 12.2. The molecule has 0 unspecified atom stereocenters. The molecule has 5 rings (SSSR count). The number of hydrogen-bond donors (Lipinski definition) is 0. The van der Waals surface area contributed by atoms with Gasteiger partial charge in [0.25, 0.3) is 0 Å². The monoisotopic (exact) mass is 316 g/mol. The minimum atomic E-state index is -0.189. The van der Waals surface area contributed by atoms with Crippen molar-refractivity contribution in [1.82, 2.24) is 0 Å². The van der Waals surface area contributed by atoms with E-state index in [2.05, 4.69) is 18.2 Å². The van der Waals surface area contributed by atoms with Gasteiger partial charge in [-0.2, -0.15) is 0 Å². The van der Waals surface area contributed by atoms with Crippen molar-refractivity contribution in [1.29, 1.82) is 0 Å². The van der Waals surface area contributed by atoms with Gasteiger partial charge in [-0.25, -0.2) is 4.79 Å². The Kier molecular flexibility index (Phi) is 2.89. The maximum absolute atomic E-state index is 12.2. The Hall–Kier alpha value is -2.81. The van der Waals surface area contributed by atoms with E-state index in [1.54, 1.807) is 6.26 Å². The zero-order valence-corrected chi connectivity index (χ0v) is 13.2. The first-order chi connectivity index (χ1) is 11.8. The van der Waals surface area contributed by atoms with Gasteiger partial charge >= 0.3 is 5.63 Å². The van der Waals surface area contributed by atoms with Gasteiger partial charge in [0.15, 0.2) is 0 Å². The van der Waals surface area contributed by atoms with Crippen molar-refractivity contribution in [3.63, 3.8) is 0 Å². The molecule has 2 aromatic carbocycles. The van der Waals surface area contributed by atoms with Crippen LogP contribution in [0.25, 0.3) is 33.1 Å². The molecule has 0 fully saturated rings. The summed E-state index contributed by atoms with van der Waals surface area (Å²) in [6, 6.07) is 14.2. The maximum Gasteiger partial charge on any atom is 0.339 e. The highest BCUT2D eigenvalue weighted by Gasteiger charge is 2.19. The average molecular weight is 316 g/mol. The summed E-state index contributed by atoms with van der Waals surface area (Å²) in [6.07, 6.45) is 5.74. The summed E-state index contributed by atoms with van der Waals surface area (Å²) in [5, 5.41) is 2.12. The molecule has 3 heteroatoms. The lowest BCUT2D eigenvalue weighted by molar-refractivity contribution is 0.533. The Morgan fingerprint density at radius 2 is 1.62 bits per heavy atom. The first-order valence-corrected chi connectivity index (χ1v) is 8.36. The third-order valence-corrected chi connectivity index (χ3v) is 5.00. The van der Waals surface area contributed by atoms with Crippen molar-refractivity contribution in [2.75, 3.05) is 0 Å². The molecule has 2 heterocycles. The third-order valence-electron chi connectivity index (χ3n) is 5.00. The molecule has 0 amide bonds. The number of furan rings is 1. The molecule has 24 heavy (non-hydrogen) atoms. The predicted molar refractivity (Wildman–Crippen MR) is 94.3 cm³/mol. The van der Waals surface area contributed by atoms with Gasteiger partial charge in [-0.1, -0.05) is 30.3 Å². The van der Waals surface area contributed by atoms with E-state index in [0.717, 1.165) is 64.3 Å². The van der Waals surface area contributed by atoms with Crippen LogP contribution in [0, 0.1) is 0 Å². The van der Waals surface area contributed by atoms with E-state index in [9.17, 15) is 4.79 Å². The van der Waals surface area contributed by atoms with Crippen LogP contribution in [0.15, 0.2) is 62.4 Å². The quantitative estimate of drug-likeness (QED) is 0.460. The molecule has 0 saturated carbocycles. The van der Waals surface area contributed by atoms with Crippen LogP contribution in [0.2, 0.25) is 0 Å². The van der Waals surface area contributed by atoms with Gasteiger partial charge in [0.05, 0.1) is 6.26 Å². The van der Waals surface area contributed by atoms with Gasteiger partial charge in [0.2, 0.25) is 0 Å². The summed E-state index contributed by atoms with van der Waals surface area (Å²) in [5.74, 6) is 0. The van der Waals surface area contributed by atoms with E-state index in [0.29, 0.717) is 5.58 Å². The zero-order valence-electron chi connectivity index (χ0n) is 13.2. The highest BCUT2D eigenvalue weighted by molar-refractivity contribution is 6.02.